The van der Waals surface area contributed by atoms with Crippen LogP contribution < -0.4 is 5.32 Å². The zero-order valence-corrected chi connectivity index (χ0v) is 17.1. The molecule has 150 valence electrons. The fraction of sp³-hybridized carbons (Fsp3) is 0.500. The highest BCUT2D eigenvalue weighted by atomic mass is 16.2. The molecule has 6 heteroatoms. The summed E-state index contributed by atoms with van der Waals surface area (Å²) in [5.41, 5.74) is 3.63. The number of carbonyl (C=O) groups excluding carboxylic acids is 1. The number of hydrogen-bond donors (Lipinski definition) is 1. The molecule has 0 radical (unpaired) electrons. The minimum Gasteiger partial charge on any atom is -0.354 e. The van der Waals surface area contributed by atoms with E-state index in [1.165, 1.54) is 43.1 Å². The van der Waals surface area contributed by atoms with Gasteiger partial charge in [-0.3, -0.25) is 9.69 Å². The summed E-state index contributed by atoms with van der Waals surface area (Å²) in [7, 11) is 2.00. The van der Waals surface area contributed by atoms with Gasteiger partial charge in [-0.05, 0) is 70.7 Å². The maximum atomic E-state index is 12.6. The second-order valence-electron chi connectivity index (χ2n) is 7.60. The fourth-order valence-electron chi connectivity index (χ4n) is 3.63. The summed E-state index contributed by atoms with van der Waals surface area (Å²) in [6.07, 6.45) is 11.5. The summed E-state index contributed by atoms with van der Waals surface area (Å²) < 4.78 is 1.73. The van der Waals surface area contributed by atoms with E-state index in [1.54, 1.807) is 11.0 Å². The molecule has 3 rings (SSSR count). The van der Waals surface area contributed by atoms with Gasteiger partial charge in [0.15, 0.2) is 0 Å². The lowest BCUT2D eigenvalue weighted by Crippen LogP contribution is -2.44. The van der Waals surface area contributed by atoms with Crippen LogP contribution in [-0.2, 0) is 4.79 Å². The summed E-state index contributed by atoms with van der Waals surface area (Å²) in [6, 6.07) is 8.15. The lowest BCUT2D eigenvalue weighted by Gasteiger charge is -2.30. The largest absolute Gasteiger partial charge is 0.354 e. The highest BCUT2D eigenvalue weighted by Crippen LogP contribution is 2.22. The molecule has 0 unspecified atom stereocenters. The predicted molar refractivity (Wildman–Crippen MR) is 111 cm³/mol. The SMILES string of the molecule is C[C@@H](C(=O)NCCC1=CCCCC1)N(C)[C@@H](C)c1ccc(-n2cncn2)cc1. The van der Waals surface area contributed by atoms with E-state index in [1.807, 2.05) is 26.1 Å². The molecule has 1 aromatic heterocycles. The number of benzene rings is 1. The van der Waals surface area contributed by atoms with Crippen LogP contribution in [0.25, 0.3) is 5.69 Å². The molecule has 28 heavy (non-hydrogen) atoms. The highest BCUT2D eigenvalue weighted by Gasteiger charge is 2.23. The zero-order chi connectivity index (χ0) is 19.9. The van der Waals surface area contributed by atoms with Gasteiger partial charge in [-0.15, -0.1) is 0 Å². The summed E-state index contributed by atoms with van der Waals surface area (Å²) in [5.74, 6) is 0.0880. The van der Waals surface area contributed by atoms with E-state index in [9.17, 15) is 4.79 Å². The van der Waals surface area contributed by atoms with Crippen molar-refractivity contribution < 1.29 is 4.79 Å². The first-order valence-electron chi connectivity index (χ1n) is 10.2. The van der Waals surface area contributed by atoms with Crippen molar-refractivity contribution in [2.75, 3.05) is 13.6 Å². The summed E-state index contributed by atoms with van der Waals surface area (Å²) in [6.45, 7) is 4.82. The number of nitrogens with one attached hydrogen (secondary N) is 1. The summed E-state index contributed by atoms with van der Waals surface area (Å²) in [5, 5.41) is 7.25. The van der Waals surface area contributed by atoms with E-state index < -0.39 is 0 Å². The van der Waals surface area contributed by atoms with Crippen LogP contribution in [0, 0.1) is 0 Å². The summed E-state index contributed by atoms with van der Waals surface area (Å²) in [4.78, 5) is 18.7. The van der Waals surface area contributed by atoms with Crippen molar-refractivity contribution in [3.63, 3.8) is 0 Å². The Hall–Kier alpha value is -2.47. The molecule has 0 spiro atoms. The van der Waals surface area contributed by atoms with E-state index >= 15 is 0 Å². The second kappa shape index (κ2) is 9.64. The van der Waals surface area contributed by atoms with Crippen LogP contribution in [0.5, 0.6) is 0 Å². The number of aromatic nitrogens is 3. The molecule has 0 saturated heterocycles. The van der Waals surface area contributed by atoms with Crippen LogP contribution >= 0.6 is 0 Å². The van der Waals surface area contributed by atoms with Crippen molar-refractivity contribution in [3.05, 3.63) is 54.1 Å². The number of hydrogen-bond acceptors (Lipinski definition) is 4. The topological polar surface area (TPSA) is 63.1 Å². The molecule has 1 aliphatic rings. The van der Waals surface area contributed by atoms with E-state index in [2.05, 4.69) is 45.4 Å². The van der Waals surface area contributed by atoms with Gasteiger partial charge < -0.3 is 5.32 Å². The Balaban J connectivity index is 1.52. The van der Waals surface area contributed by atoms with E-state index in [0.717, 1.165) is 18.7 Å². The van der Waals surface area contributed by atoms with Gasteiger partial charge in [0.05, 0.1) is 11.7 Å². The highest BCUT2D eigenvalue weighted by molar-refractivity contribution is 5.81. The molecular formula is C22H31N5O. The van der Waals surface area contributed by atoms with Gasteiger partial charge in [-0.2, -0.15) is 5.10 Å². The van der Waals surface area contributed by atoms with E-state index in [-0.39, 0.29) is 18.0 Å². The van der Waals surface area contributed by atoms with Crippen molar-refractivity contribution in [1.29, 1.82) is 0 Å². The Labute approximate surface area is 167 Å². The predicted octanol–water partition coefficient (Wildman–Crippen LogP) is 3.66. The van der Waals surface area contributed by atoms with E-state index in [4.69, 9.17) is 0 Å². The zero-order valence-electron chi connectivity index (χ0n) is 17.1. The van der Waals surface area contributed by atoms with Gasteiger partial charge in [0.2, 0.25) is 5.91 Å². The third-order valence-corrected chi connectivity index (χ3v) is 5.79. The maximum Gasteiger partial charge on any atom is 0.237 e. The van der Waals surface area contributed by atoms with Crippen molar-refractivity contribution in [1.82, 2.24) is 25.0 Å². The Kier molecular flexibility index (Phi) is 6.98. The van der Waals surface area contributed by atoms with Crippen molar-refractivity contribution >= 4 is 5.91 Å². The molecule has 1 amide bonds. The fourth-order valence-corrected chi connectivity index (χ4v) is 3.63. The molecule has 0 bridgehead atoms. The smallest absolute Gasteiger partial charge is 0.237 e. The van der Waals surface area contributed by atoms with Crippen molar-refractivity contribution in [2.45, 2.75) is 58.0 Å². The van der Waals surface area contributed by atoms with Crippen LogP contribution in [-0.4, -0.2) is 45.2 Å². The van der Waals surface area contributed by atoms with Crippen molar-refractivity contribution in [2.24, 2.45) is 0 Å². The third kappa shape index (κ3) is 5.07. The number of nitrogens with zero attached hydrogens (tertiary/aromatic N) is 4. The molecule has 1 heterocycles. The van der Waals surface area contributed by atoms with Crippen LogP contribution in [0.1, 0.15) is 57.6 Å². The molecule has 0 aliphatic heterocycles. The lowest BCUT2D eigenvalue weighted by atomic mass is 9.97. The average molecular weight is 382 g/mol. The third-order valence-electron chi connectivity index (χ3n) is 5.79. The van der Waals surface area contributed by atoms with Crippen LogP contribution in [0.3, 0.4) is 0 Å². The molecular weight excluding hydrogens is 350 g/mol. The normalized spacial score (nSPS) is 16.5. The first kappa shape index (κ1) is 20.3. The minimum absolute atomic E-state index is 0.0880. The van der Waals surface area contributed by atoms with Gasteiger partial charge in [-0.25, -0.2) is 9.67 Å². The van der Waals surface area contributed by atoms with Gasteiger partial charge in [0.1, 0.15) is 12.7 Å². The molecule has 0 fully saturated rings. The molecule has 2 atom stereocenters. The lowest BCUT2D eigenvalue weighted by molar-refractivity contribution is -0.126. The number of amides is 1. The number of carbonyl (C=O) groups is 1. The molecule has 1 aromatic carbocycles. The number of likely N-dealkylation sites (N-methyl/N-ethyl adjacent to an activating group) is 1. The molecule has 6 nitrogen and oxygen atoms in total. The molecule has 2 aromatic rings. The van der Waals surface area contributed by atoms with Gasteiger partial charge in [-0.1, -0.05) is 23.8 Å². The summed E-state index contributed by atoms with van der Waals surface area (Å²) >= 11 is 0. The number of rotatable bonds is 8. The first-order chi connectivity index (χ1) is 13.6. The Bertz CT molecular complexity index is 782. The van der Waals surface area contributed by atoms with Crippen LogP contribution in [0.2, 0.25) is 0 Å². The van der Waals surface area contributed by atoms with Gasteiger partial charge in [0, 0.05) is 12.6 Å². The second-order valence-corrected chi connectivity index (χ2v) is 7.60. The molecule has 1 N–H and O–H groups in total. The monoisotopic (exact) mass is 381 g/mol. The van der Waals surface area contributed by atoms with Crippen LogP contribution in [0.15, 0.2) is 48.6 Å². The minimum atomic E-state index is -0.190. The van der Waals surface area contributed by atoms with Gasteiger partial charge >= 0.3 is 0 Å². The van der Waals surface area contributed by atoms with Gasteiger partial charge in [0.25, 0.3) is 0 Å². The Morgan fingerprint density at radius 3 is 2.68 bits per heavy atom. The Morgan fingerprint density at radius 2 is 2.04 bits per heavy atom. The average Bonchev–Trinajstić information content (AvgIpc) is 3.28. The quantitative estimate of drug-likeness (QED) is 0.709. The standard InChI is InChI=1S/C22H31N5O/c1-17(20-9-11-21(12-10-20)27-16-23-15-25-27)26(3)18(2)22(28)24-14-13-19-7-5-4-6-8-19/h7,9-12,15-18H,4-6,8,13-14H2,1-3H3,(H,24,28)/t17-,18-/m0/s1. The molecule has 1 aliphatic carbocycles. The number of allylic oxidation sites excluding steroid dienone is 1. The van der Waals surface area contributed by atoms with E-state index in [0.29, 0.717) is 0 Å². The Morgan fingerprint density at radius 1 is 1.25 bits per heavy atom. The van der Waals surface area contributed by atoms with Crippen LogP contribution in [0.4, 0.5) is 0 Å². The molecule has 0 saturated carbocycles. The van der Waals surface area contributed by atoms with Crippen molar-refractivity contribution in [3.8, 4) is 5.69 Å². The maximum absolute atomic E-state index is 12.6. The first-order valence-corrected chi connectivity index (χ1v) is 10.2.